The van der Waals surface area contributed by atoms with Crippen molar-refractivity contribution in [3.63, 3.8) is 0 Å². The third-order valence-corrected chi connectivity index (χ3v) is 5.78. The van der Waals surface area contributed by atoms with Crippen molar-refractivity contribution in [1.29, 1.82) is 0 Å². The predicted octanol–water partition coefficient (Wildman–Crippen LogP) is 4.11. The van der Waals surface area contributed by atoms with Gasteiger partial charge in [-0.05, 0) is 60.5 Å². The van der Waals surface area contributed by atoms with Crippen LogP contribution >= 0.6 is 11.8 Å². The molecule has 4 rings (SSSR count). The Kier molecular flexibility index (Phi) is 6.46. The van der Waals surface area contributed by atoms with Crippen LogP contribution in [0, 0.1) is 6.92 Å². The molecule has 0 unspecified atom stereocenters. The molecule has 4 aromatic rings. The Morgan fingerprint density at radius 3 is 2.53 bits per heavy atom. The van der Waals surface area contributed by atoms with Crippen molar-refractivity contribution in [1.82, 2.24) is 19.5 Å². The van der Waals surface area contributed by atoms with E-state index >= 15 is 0 Å². The average molecular weight is 450 g/mol. The Morgan fingerprint density at radius 1 is 1.00 bits per heavy atom. The summed E-state index contributed by atoms with van der Waals surface area (Å²) in [6, 6.07) is 17.1. The number of nitrogens with zero attached hydrogens (tertiary/aromatic N) is 4. The molecule has 0 radical (unpaired) electrons. The zero-order chi connectivity index (χ0) is 22.5. The summed E-state index contributed by atoms with van der Waals surface area (Å²) in [6.07, 6.45) is 3.58. The fourth-order valence-corrected chi connectivity index (χ4v) is 4.07. The normalized spacial score (nSPS) is 10.7. The summed E-state index contributed by atoms with van der Waals surface area (Å²) in [4.78, 5) is 13.3. The maximum Gasteiger partial charge on any atom is 0.316 e. The van der Waals surface area contributed by atoms with Gasteiger partial charge in [-0.1, -0.05) is 23.9 Å². The van der Waals surface area contributed by atoms with E-state index in [1.165, 1.54) is 16.4 Å². The first-order chi connectivity index (χ1) is 15.6. The molecule has 0 aliphatic heterocycles. The minimum absolute atomic E-state index is 0.133. The smallest absolute Gasteiger partial charge is 0.316 e. The number of ether oxygens (including phenoxy) is 2. The Hall–Kier alpha value is -3.72. The van der Waals surface area contributed by atoms with E-state index in [4.69, 9.17) is 9.47 Å². The molecule has 8 nitrogen and oxygen atoms in total. The second kappa shape index (κ2) is 9.61. The van der Waals surface area contributed by atoms with Crippen LogP contribution in [0.15, 0.2) is 76.9 Å². The first-order valence-electron chi connectivity index (χ1n) is 9.90. The fraction of sp³-hybridized carbons (Fsp3) is 0.174. The molecule has 0 fully saturated rings. The average Bonchev–Trinajstić information content (AvgIpc) is 3.34. The zero-order valence-corrected chi connectivity index (χ0v) is 18.8. The van der Waals surface area contributed by atoms with E-state index in [9.17, 15) is 4.79 Å². The minimum atomic E-state index is -0.308. The molecule has 9 heteroatoms. The summed E-state index contributed by atoms with van der Waals surface area (Å²) in [5, 5.41) is 12.1. The highest BCUT2D eigenvalue weighted by atomic mass is 32.2. The van der Waals surface area contributed by atoms with Crippen LogP contribution in [0.2, 0.25) is 0 Å². The zero-order valence-electron chi connectivity index (χ0n) is 18.0. The van der Waals surface area contributed by atoms with Crippen LogP contribution in [-0.4, -0.2) is 33.8 Å². The maximum absolute atomic E-state index is 13.3. The van der Waals surface area contributed by atoms with Crippen molar-refractivity contribution in [3.05, 3.63) is 88.5 Å². The lowest BCUT2D eigenvalue weighted by Gasteiger charge is -2.14. The van der Waals surface area contributed by atoms with Gasteiger partial charge < -0.3 is 14.8 Å². The van der Waals surface area contributed by atoms with E-state index in [0.717, 1.165) is 28.3 Å². The minimum Gasteiger partial charge on any atom is -0.497 e. The van der Waals surface area contributed by atoms with Crippen molar-refractivity contribution >= 4 is 23.3 Å². The van der Waals surface area contributed by atoms with E-state index in [1.54, 1.807) is 31.3 Å². The van der Waals surface area contributed by atoms with Crippen LogP contribution < -0.4 is 20.3 Å². The van der Waals surface area contributed by atoms with E-state index in [0.29, 0.717) is 10.9 Å². The van der Waals surface area contributed by atoms with Gasteiger partial charge in [-0.25, -0.2) is 0 Å². The largest absolute Gasteiger partial charge is 0.497 e. The van der Waals surface area contributed by atoms with E-state index in [1.807, 2.05) is 61.5 Å². The fourth-order valence-electron chi connectivity index (χ4n) is 3.20. The van der Waals surface area contributed by atoms with Gasteiger partial charge in [0.05, 0.1) is 14.2 Å². The monoisotopic (exact) mass is 449 g/mol. The Morgan fingerprint density at radius 2 is 1.81 bits per heavy atom. The number of benzene rings is 2. The second-order valence-electron chi connectivity index (χ2n) is 6.96. The van der Waals surface area contributed by atoms with Crippen LogP contribution in [0.5, 0.6) is 11.5 Å². The Balaban J connectivity index is 1.65. The second-order valence-corrected chi connectivity index (χ2v) is 7.90. The molecule has 0 amide bonds. The number of hydrogen-bond donors (Lipinski definition) is 1. The Bertz CT molecular complexity index is 1270. The SMILES string of the molecule is COc1cccc(CSc2nnc(Nc3ccc(OC)c(C)c3)c(=O)n2-n2cccc2)c1. The van der Waals surface area contributed by atoms with Crippen molar-refractivity contribution in [3.8, 4) is 11.5 Å². The summed E-state index contributed by atoms with van der Waals surface area (Å²) in [6.45, 7) is 1.94. The molecule has 0 atom stereocenters. The molecule has 0 bridgehead atoms. The summed E-state index contributed by atoms with van der Waals surface area (Å²) < 4.78 is 13.8. The highest BCUT2D eigenvalue weighted by molar-refractivity contribution is 7.98. The highest BCUT2D eigenvalue weighted by Gasteiger charge is 2.15. The van der Waals surface area contributed by atoms with E-state index < -0.39 is 0 Å². The van der Waals surface area contributed by atoms with Gasteiger partial charge in [0.1, 0.15) is 11.5 Å². The molecule has 2 heterocycles. The number of aryl methyl sites for hydroxylation is 1. The molecule has 0 spiro atoms. The molecule has 0 aliphatic carbocycles. The molecule has 1 N–H and O–H groups in total. The first kappa shape index (κ1) is 21.5. The van der Waals surface area contributed by atoms with Crippen LogP contribution in [0.1, 0.15) is 11.1 Å². The molecule has 0 saturated carbocycles. The lowest BCUT2D eigenvalue weighted by molar-refractivity contribution is 0.412. The van der Waals surface area contributed by atoms with Crippen LogP contribution in [0.25, 0.3) is 0 Å². The molecular formula is C23H23N5O3S. The van der Waals surface area contributed by atoms with Crippen molar-refractivity contribution in [2.24, 2.45) is 0 Å². The molecule has 32 heavy (non-hydrogen) atoms. The van der Waals surface area contributed by atoms with Crippen LogP contribution in [0.3, 0.4) is 0 Å². The topological polar surface area (TPSA) is 83.2 Å². The summed E-state index contributed by atoms with van der Waals surface area (Å²) in [7, 11) is 3.26. The van der Waals surface area contributed by atoms with Gasteiger partial charge in [0.2, 0.25) is 11.0 Å². The van der Waals surface area contributed by atoms with Crippen molar-refractivity contribution in [2.75, 3.05) is 19.5 Å². The molecule has 0 aliphatic rings. The van der Waals surface area contributed by atoms with Gasteiger partial charge in [-0.3, -0.25) is 9.47 Å². The number of nitrogens with one attached hydrogen (secondary N) is 1. The standard InChI is InChI=1S/C23H23N5O3S/c1-16-13-18(9-10-20(16)31-3)24-21-22(29)28(27-11-4-5-12-27)23(26-25-21)32-15-17-7-6-8-19(14-17)30-2/h4-14H,15H2,1-3H3,(H,24,25). The molecule has 164 valence electrons. The molecule has 0 saturated heterocycles. The van der Waals surface area contributed by atoms with Crippen molar-refractivity contribution < 1.29 is 9.47 Å². The first-order valence-corrected chi connectivity index (χ1v) is 10.9. The number of aromatic nitrogens is 4. The van der Waals surface area contributed by atoms with Crippen molar-refractivity contribution in [2.45, 2.75) is 17.8 Å². The van der Waals surface area contributed by atoms with Gasteiger partial charge >= 0.3 is 5.56 Å². The van der Waals surface area contributed by atoms with Gasteiger partial charge in [0, 0.05) is 23.8 Å². The summed E-state index contributed by atoms with van der Waals surface area (Å²) in [5.74, 6) is 2.30. The van der Waals surface area contributed by atoms with Crippen LogP contribution in [-0.2, 0) is 5.75 Å². The summed E-state index contributed by atoms with van der Waals surface area (Å²) >= 11 is 1.42. The highest BCUT2D eigenvalue weighted by Crippen LogP contribution is 2.25. The van der Waals surface area contributed by atoms with Crippen LogP contribution in [0.4, 0.5) is 11.5 Å². The van der Waals surface area contributed by atoms with E-state index in [-0.39, 0.29) is 11.4 Å². The number of rotatable bonds is 8. The molecule has 2 aromatic carbocycles. The maximum atomic E-state index is 13.3. The Labute approximate surface area is 189 Å². The lowest BCUT2D eigenvalue weighted by atomic mass is 10.2. The molecule has 2 aromatic heterocycles. The third-order valence-electron chi connectivity index (χ3n) is 4.79. The number of anilines is 2. The van der Waals surface area contributed by atoms with Gasteiger partial charge in [-0.15, -0.1) is 10.2 Å². The predicted molar refractivity (Wildman–Crippen MR) is 125 cm³/mol. The van der Waals surface area contributed by atoms with Gasteiger partial charge in [0.15, 0.2) is 0 Å². The number of thioether (sulfide) groups is 1. The quantitative estimate of drug-likeness (QED) is 0.405. The third kappa shape index (κ3) is 4.62. The summed E-state index contributed by atoms with van der Waals surface area (Å²) in [5.41, 5.74) is 2.42. The number of hydrogen-bond acceptors (Lipinski definition) is 7. The van der Waals surface area contributed by atoms with E-state index in [2.05, 4.69) is 15.5 Å². The lowest BCUT2D eigenvalue weighted by Crippen LogP contribution is -2.30. The van der Waals surface area contributed by atoms with Gasteiger partial charge in [0.25, 0.3) is 0 Å². The van der Waals surface area contributed by atoms with Gasteiger partial charge in [-0.2, -0.15) is 4.68 Å². The molecular weight excluding hydrogens is 426 g/mol. The number of methoxy groups -OCH3 is 2.